The van der Waals surface area contributed by atoms with Gasteiger partial charge in [-0.3, -0.25) is 24.8 Å². The van der Waals surface area contributed by atoms with Crippen LogP contribution in [0.1, 0.15) is 0 Å². The monoisotopic (exact) mass is 251 g/mol. The molecule has 0 spiro atoms. The summed E-state index contributed by atoms with van der Waals surface area (Å²) in [4.78, 5) is 19.7. The molecular formula is C8H5N5O5. The molecule has 10 heteroatoms. The van der Waals surface area contributed by atoms with Gasteiger partial charge in [-0.05, 0) is 0 Å². The fourth-order valence-corrected chi connectivity index (χ4v) is 1.36. The summed E-state index contributed by atoms with van der Waals surface area (Å²) in [6, 6.07) is 1.68. The average Bonchev–Trinajstić information content (AvgIpc) is 2.81. The van der Waals surface area contributed by atoms with Crippen LogP contribution in [0.3, 0.4) is 0 Å². The molecule has 0 bridgehead atoms. The number of nitro groups is 2. The van der Waals surface area contributed by atoms with Crippen LogP contribution in [0.25, 0.3) is 5.69 Å². The van der Waals surface area contributed by atoms with Crippen molar-refractivity contribution in [3.05, 3.63) is 45.0 Å². The number of rotatable bonds is 3. The number of aromatic hydroxyl groups is 1. The van der Waals surface area contributed by atoms with E-state index in [9.17, 15) is 25.3 Å². The highest BCUT2D eigenvalue weighted by Crippen LogP contribution is 2.36. The first-order valence-corrected chi connectivity index (χ1v) is 4.51. The second-order valence-corrected chi connectivity index (χ2v) is 3.22. The fraction of sp³-hybridized carbons (Fsp3) is 0. The lowest BCUT2D eigenvalue weighted by molar-refractivity contribution is -0.394. The summed E-state index contributed by atoms with van der Waals surface area (Å²) < 4.78 is 1.13. The van der Waals surface area contributed by atoms with Crippen molar-refractivity contribution >= 4 is 11.4 Å². The minimum absolute atomic E-state index is 0.138. The standard InChI is InChI=1S/C8H5N5O5/c14-8-6(11-3-9-10-4-11)1-5(12(15)16)2-7(8)13(17)18/h1-4,14H. The van der Waals surface area contributed by atoms with Crippen LogP contribution in [-0.4, -0.2) is 29.7 Å². The number of phenols is 1. The van der Waals surface area contributed by atoms with Crippen LogP contribution in [0.5, 0.6) is 5.75 Å². The first-order chi connectivity index (χ1) is 8.50. The largest absolute Gasteiger partial charge is 0.501 e. The SMILES string of the molecule is O=[N+]([O-])c1cc(-n2cnnc2)c(O)c([N+](=O)[O-])c1. The number of nitrogens with zero attached hydrogens (tertiary/aromatic N) is 5. The minimum atomic E-state index is -0.907. The van der Waals surface area contributed by atoms with E-state index in [1.807, 2.05) is 0 Å². The molecule has 0 atom stereocenters. The van der Waals surface area contributed by atoms with Crippen molar-refractivity contribution in [3.63, 3.8) is 0 Å². The highest BCUT2D eigenvalue weighted by atomic mass is 16.6. The van der Waals surface area contributed by atoms with E-state index in [1.54, 1.807) is 0 Å². The van der Waals surface area contributed by atoms with Gasteiger partial charge in [-0.2, -0.15) is 0 Å². The number of aromatic nitrogens is 3. The lowest BCUT2D eigenvalue weighted by atomic mass is 10.2. The van der Waals surface area contributed by atoms with Crippen molar-refractivity contribution in [1.29, 1.82) is 0 Å². The molecule has 0 aliphatic carbocycles. The Bertz CT molecular complexity index is 623. The maximum Gasteiger partial charge on any atom is 0.319 e. The van der Waals surface area contributed by atoms with Gasteiger partial charge in [-0.25, -0.2) is 0 Å². The molecule has 1 N–H and O–H groups in total. The van der Waals surface area contributed by atoms with E-state index in [2.05, 4.69) is 10.2 Å². The van der Waals surface area contributed by atoms with Gasteiger partial charge in [0.05, 0.1) is 15.9 Å². The van der Waals surface area contributed by atoms with E-state index in [1.165, 1.54) is 0 Å². The summed E-state index contributed by atoms with van der Waals surface area (Å²) in [7, 11) is 0. The van der Waals surface area contributed by atoms with Crippen LogP contribution >= 0.6 is 0 Å². The average molecular weight is 251 g/mol. The quantitative estimate of drug-likeness (QED) is 0.628. The maximum atomic E-state index is 10.7. The molecule has 1 heterocycles. The Morgan fingerprint density at radius 3 is 2.22 bits per heavy atom. The van der Waals surface area contributed by atoms with E-state index in [0.29, 0.717) is 6.07 Å². The van der Waals surface area contributed by atoms with Gasteiger partial charge in [0.25, 0.3) is 5.69 Å². The number of non-ortho nitro benzene ring substituents is 1. The Hall–Kier alpha value is -3.04. The van der Waals surface area contributed by atoms with Crippen LogP contribution in [0.4, 0.5) is 11.4 Å². The molecule has 0 fully saturated rings. The highest BCUT2D eigenvalue weighted by Gasteiger charge is 2.24. The molecule has 92 valence electrons. The smallest absolute Gasteiger partial charge is 0.319 e. The molecule has 0 aliphatic rings. The molecular weight excluding hydrogens is 246 g/mol. The van der Waals surface area contributed by atoms with Gasteiger partial charge in [0.2, 0.25) is 5.75 Å². The molecule has 0 amide bonds. The molecule has 0 radical (unpaired) electrons. The summed E-state index contributed by atoms with van der Waals surface area (Å²) in [5, 5.41) is 38.0. The summed E-state index contributed by atoms with van der Waals surface area (Å²) >= 11 is 0. The summed E-state index contributed by atoms with van der Waals surface area (Å²) in [6.07, 6.45) is 2.31. The molecule has 2 aromatic rings. The molecule has 18 heavy (non-hydrogen) atoms. The van der Waals surface area contributed by atoms with Crippen LogP contribution in [0.15, 0.2) is 24.8 Å². The zero-order chi connectivity index (χ0) is 13.3. The van der Waals surface area contributed by atoms with Gasteiger partial charge in [-0.1, -0.05) is 0 Å². The number of hydrogen-bond acceptors (Lipinski definition) is 7. The molecule has 1 aromatic heterocycles. The summed E-state index contributed by atoms with van der Waals surface area (Å²) in [6.45, 7) is 0. The van der Waals surface area contributed by atoms with Crippen molar-refractivity contribution in [3.8, 4) is 11.4 Å². The number of hydrogen-bond donors (Lipinski definition) is 1. The minimum Gasteiger partial charge on any atom is -0.501 e. The van der Waals surface area contributed by atoms with E-state index in [-0.39, 0.29) is 5.69 Å². The topological polar surface area (TPSA) is 137 Å². The highest BCUT2D eigenvalue weighted by molar-refractivity contribution is 5.64. The fourth-order valence-electron chi connectivity index (χ4n) is 1.36. The van der Waals surface area contributed by atoms with E-state index >= 15 is 0 Å². The van der Waals surface area contributed by atoms with Crippen LogP contribution in [0.2, 0.25) is 0 Å². The Morgan fingerprint density at radius 1 is 1.11 bits per heavy atom. The number of phenolic OH excluding ortho intramolecular Hbond substituents is 1. The van der Waals surface area contributed by atoms with Crippen LogP contribution < -0.4 is 0 Å². The second kappa shape index (κ2) is 4.08. The normalized spacial score (nSPS) is 10.2. The van der Waals surface area contributed by atoms with Gasteiger partial charge < -0.3 is 5.11 Å². The number of benzene rings is 1. The van der Waals surface area contributed by atoms with Crippen molar-refractivity contribution in [1.82, 2.24) is 14.8 Å². The lowest BCUT2D eigenvalue weighted by Gasteiger charge is -2.04. The lowest BCUT2D eigenvalue weighted by Crippen LogP contribution is -1.98. The molecule has 0 saturated heterocycles. The Balaban J connectivity index is 2.72. The predicted octanol–water partition coefficient (Wildman–Crippen LogP) is 0.789. The van der Waals surface area contributed by atoms with Gasteiger partial charge in [-0.15, -0.1) is 10.2 Å². The van der Waals surface area contributed by atoms with Crippen molar-refractivity contribution in [2.24, 2.45) is 0 Å². The third-order valence-electron chi connectivity index (χ3n) is 2.16. The summed E-state index contributed by atoms with van der Waals surface area (Å²) in [5.41, 5.74) is -1.41. The molecule has 10 nitrogen and oxygen atoms in total. The van der Waals surface area contributed by atoms with Gasteiger partial charge in [0, 0.05) is 6.07 Å². The third-order valence-corrected chi connectivity index (χ3v) is 2.16. The third kappa shape index (κ3) is 1.81. The van der Waals surface area contributed by atoms with Crippen molar-refractivity contribution < 1.29 is 15.0 Å². The van der Waals surface area contributed by atoms with E-state index in [0.717, 1.165) is 23.3 Å². The van der Waals surface area contributed by atoms with Crippen molar-refractivity contribution in [2.45, 2.75) is 0 Å². The summed E-state index contributed by atoms with van der Waals surface area (Å²) in [5.74, 6) is -0.689. The van der Waals surface area contributed by atoms with Crippen molar-refractivity contribution in [2.75, 3.05) is 0 Å². The Kier molecular flexibility index (Phi) is 2.60. The first kappa shape index (κ1) is 11.4. The predicted molar refractivity (Wildman–Crippen MR) is 56.3 cm³/mol. The van der Waals surface area contributed by atoms with Crippen LogP contribution in [0, 0.1) is 20.2 Å². The Morgan fingerprint density at radius 2 is 1.72 bits per heavy atom. The van der Waals surface area contributed by atoms with Gasteiger partial charge in [0.1, 0.15) is 18.3 Å². The zero-order valence-corrected chi connectivity index (χ0v) is 8.63. The molecule has 2 rings (SSSR count). The maximum absolute atomic E-state index is 10.7. The van der Waals surface area contributed by atoms with Gasteiger partial charge >= 0.3 is 5.69 Å². The molecule has 1 aromatic carbocycles. The second-order valence-electron chi connectivity index (χ2n) is 3.22. The zero-order valence-electron chi connectivity index (χ0n) is 8.63. The van der Waals surface area contributed by atoms with E-state index < -0.39 is 27.0 Å². The molecule has 0 saturated carbocycles. The number of nitro benzene ring substituents is 2. The molecule has 0 aliphatic heterocycles. The van der Waals surface area contributed by atoms with Crippen LogP contribution in [-0.2, 0) is 0 Å². The van der Waals surface area contributed by atoms with Gasteiger partial charge in [0.15, 0.2) is 0 Å². The van der Waals surface area contributed by atoms with E-state index in [4.69, 9.17) is 0 Å². The first-order valence-electron chi connectivity index (χ1n) is 4.51. The molecule has 0 unspecified atom stereocenters. The Labute approximate surface area is 98.4 Å².